The van der Waals surface area contributed by atoms with Crippen LogP contribution in [-0.4, -0.2) is 24.7 Å². The zero-order valence-corrected chi connectivity index (χ0v) is 11.7. The fourth-order valence-corrected chi connectivity index (χ4v) is 1.69. The van der Waals surface area contributed by atoms with Crippen molar-refractivity contribution in [2.24, 2.45) is 0 Å². The van der Waals surface area contributed by atoms with Crippen molar-refractivity contribution in [3.8, 4) is 0 Å². The number of amides is 1. The molecule has 0 saturated heterocycles. The van der Waals surface area contributed by atoms with E-state index in [1.807, 2.05) is 20.8 Å². The van der Waals surface area contributed by atoms with Gasteiger partial charge in [0.15, 0.2) is 0 Å². The SMILES string of the molecule is CCOC(C)(C)CNC(=O)c1ccc(N)c(Cl)c1. The minimum Gasteiger partial charge on any atom is -0.398 e. The first-order valence-corrected chi connectivity index (χ1v) is 6.20. The van der Waals surface area contributed by atoms with Crippen LogP contribution in [0.3, 0.4) is 0 Å². The third kappa shape index (κ3) is 4.20. The third-order valence-corrected chi connectivity index (χ3v) is 2.80. The molecule has 0 atom stereocenters. The Hall–Kier alpha value is -1.26. The van der Waals surface area contributed by atoms with E-state index in [-0.39, 0.29) is 11.5 Å². The molecule has 5 heteroatoms. The van der Waals surface area contributed by atoms with E-state index in [0.717, 1.165) is 0 Å². The van der Waals surface area contributed by atoms with Crippen molar-refractivity contribution in [2.75, 3.05) is 18.9 Å². The van der Waals surface area contributed by atoms with Crippen LogP contribution in [0.15, 0.2) is 18.2 Å². The summed E-state index contributed by atoms with van der Waals surface area (Å²) in [4.78, 5) is 11.9. The molecule has 0 aromatic heterocycles. The summed E-state index contributed by atoms with van der Waals surface area (Å²) in [6, 6.07) is 4.81. The summed E-state index contributed by atoms with van der Waals surface area (Å²) in [6.45, 7) is 6.81. The van der Waals surface area contributed by atoms with Gasteiger partial charge in [-0.25, -0.2) is 0 Å². The van der Waals surface area contributed by atoms with Crippen LogP contribution in [0, 0.1) is 0 Å². The Bertz CT molecular complexity index is 433. The quantitative estimate of drug-likeness (QED) is 0.808. The van der Waals surface area contributed by atoms with E-state index >= 15 is 0 Å². The lowest BCUT2D eigenvalue weighted by Gasteiger charge is -2.24. The number of carbonyl (C=O) groups excluding carboxylic acids is 1. The van der Waals surface area contributed by atoms with Crippen LogP contribution < -0.4 is 11.1 Å². The van der Waals surface area contributed by atoms with Crippen molar-refractivity contribution >= 4 is 23.2 Å². The standard InChI is InChI=1S/C13H19ClN2O2/c1-4-18-13(2,3)8-16-12(17)9-5-6-11(15)10(14)7-9/h5-7H,4,8,15H2,1-3H3,(H,16,17). The van der Waals surface area contributed by atoms with Gasteiger partial charge in [-0.15, -0.1) is 0 Å². The summed E-state index contributed by atoms with van der Waals surface area (Å²) in [6.07, 6.45) is 0. The number of nitrogens with one attached hydrogen (secondary N) is 1. The lowest BCUT2D eigenvalue weighted by Crippen LogP contribution is -2.40. The summed E-state index contributed by atoms with van der Waals surface area (Å²) >= 11 is 5.87. The number of nitrogens with two attached hydrogens (primary N) is 1. The maximum absolute atomic E-state index is 11.9. The molecule has 0 saturated carbocycles. The van der Waals surface area contributed by atoms with E-state index in [1.165, 1.54) is 0 Å². The van der Waals surface area contributed by atoms with E-state index in [2.05, 4.69) is 5.32 Å². The highest BCUT2D eigenvalue weighted by molar-refractivity contribution is 6.33. The van der Waals surface area contributed by atoms with Crippen molar-refractivity contribution in [3.63, 3.8) is 0 Å². The molecule has 4 nitrogen and oxygen atoms in total. The maximum atomic E-state index is 11.9. The first-order chi connectivity index (χ1) is 8.35. The molecular formula is C13H19ClN2O2. The van der Waals surface area contributed by atoms with E-state index in [0.29, 0.717) is 29.4 Å². The number of hydrogen-bond donors (Lipinski definition) is 2. The second-order valence-corrected chi connectivity index (χ2v) is 5.02. The monoisotopic (exact) mass is 270 g/mol. The highest BCUT2D eigenvalue weighted by Crippen LogP contribution is 2.19. The van der Waals surface area contributed by atoms with Crippen LogP contribution >= 0.6 is 11.6 Å². The normalized spacial score (nSPS) is 11.3. The second kappa shape index (κ2) is 6.07. The van der Waals surface area contributed by atoms with Gasteiger partial charge in [0, 0.05) is 18.7 Å². The Morgan fingerprint density at radius 1 is 1.50 bits per heavy atom. The van der Waals surface area contributed by atoms with Gasteiger partial charge in [-0.05, 0) is 39.0 Å². The Labute approximate surface area is 112 Å². The largest absolute Gasteiger partial charge is 0.398 e. The predicted octanol–water partition coefficient (Wildman–Crippen LogP) is 2.47. The number of halogens is 1. The number of carbonyl (C=O) groups is 1. The summed E-state index contributed by atoms with van der Waals surface area (Å²) in [7, 11) is 0. The molecule has 18 heavy (non-hydrogen) atoms. The number of rotatable bonds is 5. The zero-order valence-electron chi connectivity index (χ0n) is 10.9. The lowest BCUT2D eigenvalue weighted by atomic mass is 10.1. The third-order valence-electron chi connectivity index (χ3n) is 2.47. The molecule has 100 valence electrons. The van der Waals surface area contributed by atoms with Crippen molar-refractivity contribution < 1.29 is 9.53 Å². The van der Waals surface area contributed by atoms with Gasteiger partial charge >= 0.3 is 0 Å². The molecule has 3 N–H and O–H groups in total. The van der Waals surface area contributed by atoms with Crippen LogP contribution in [0.5, 0.6) is 0 Å². The molecule has 1 amide bonds. The minimum absolute atomic E-state index is 0.190. The van der Waals surface area contributed by atoms with Gasteiger partial charge < -0.3 is 15.8 Å². The van der Waals surface area contributed by atoms with E-state index in [1.54, 1.807) is 18.2 Å². The highest BCUT2D eigenvalue weighted by Gasteiger charge is 2.19. The van der Waals surface area contributed by atoms with Crippen LogP contribution in [0.1, 0.15) is 31.1 Å². The summed E-state index contributed by atoms with van der Waals surface area (Å²) < 4.78 is 5.50. The van der Waals surface area contributed by atoms with Crippen LogP contribution in [-0.2, 0) is 4.74 Å². The average Bonchev–Trinajstić information content (AvgIpc) is 2.30. The minimum atomic E-state index is -0.387. The fraction of sp³-hybridized carbons (Fsp3) is 0.462. The zero-order chi connectivity index (χ0) is 13.8. The van der Waals surface area contributed by atoms with Gasteiger partial charge in [0.25, 0.3) is 5.91 Å². The van der Waals surface area contributed by atoms with Crippen LogP contribution in [0.4, 0.5) is 5.69 Å². The van der Waals surface area contributed by atoms with Crippen molar-refractivity contribution in [3.05, 3.63) is 28.8 Å². The van der Waals surface area contributed by atoms with Crippen molar-refractivity contribution in [1.29, 1.82) is 0 Å². The predicted molar refractivity (Wildman–Crippen MR) is 73.9 cm³/mol. The molecule has 0 spiro atoms. The molecule has 0 heterocycles. The molecular weight excluding hydrogens is 252 g/mol. The van der Waals surface area contributed by atoms with Gasteiger partial charge in [0.2, 0.25) is 0 Å². The summed E-state index contributed by atoms with van der Waals surface area (Å²) in [5.74, 6) is -0.190. The molecule has 0 unspecified atom stereocenters. The van der Waals surface area contributed by atoms with Gasteiger partial charge in [-0.2, -0.15) is 0 Å². The summed E-state index contributed by atoms with van der Waals surface area (Å²) in [5.41, 5.74) is 6.15. The molecule has 1 aromatic carbocycles. The number of benzene rings is 1. The van der Waals surface area contributed by atoms with Gasteiger partial charge in [-0.1, -0.05) is 11.6 Å². The van der Waals surface area contributed by atoms with Crippen molar-refractivity contribution in [1.82, 2.24) is 5.32 Å². The Kier molecular flexibility index (Phi) is 4.99. The highest BCUT2D eigenvalue weighted by atomic mass is 35.5. The van der Waals surface area contributed by atoms with Crippen molar-refractivity contribution in [2.45, 2.75) is 26.4 Å². The topological polar surface area (TPSA) is 64.3 Å². The van der Waals surface area contributed by atoms with Gasteiger partial charge in [-0.3, -0.25) is 4.79 Å². The summed E-state index contributed by atoms with van der Waals surface area (Å²) in [5, 5.41) is 3.19. The Balaban J connectivity index is 2.63. The fourth-order valence-electron chi connectivity index (χ4n) is 1.51. The maximum Gasteiger partial charge on any atom is 0.251 e. The smallest absolute Gasteiger partial charge is 0.251 e. The molecule has 0 aliphatic heterocycles. The van der Waals surface area contributed by atoms with E-state index in [9.17, 15) is 4.79 Å². The molecule has 0 bridgehead atoms. The lowest BCUT2D eigenvalue weighted by molar-refractivity contribution is -0.00815. The van der Waals surface area contributed by atoms with Crippen LogP contribution in [0.25, 0.3) is 0 Å². The van der Waals surface area contributed by atoms with E-state index in [4.69, 9.17) is 22.1 Å². The molecule has 0 radical (unpaired) electrons. The van der Waals surface area contributed by atoms with Gasteiger partial charge in [0.05, 0.1) is 16.3 Å². The number of anilines is 1. The Morgan fingerprint density at radius 2 is 2.17 bits per heavy atom. The number of ether oxygens (including phenoxy) is 1. The average molecular weight is 271 g/mol. The molecule has 1 rings (SSSR count). The molecule has 0 aliphatic carbocycles. The van der Waals surface area contributed by atoms with Crippen LogP contribution in [0.2, 0.25) is 5.02 Å². The molecule has 1 aromatic rings. The molecule has 0 fully saturated rings. The first kappa shape index (κ1) is 14.8. The number of hydrogen-bond acceptors (Lipinski definition) is 3. The first-order valence-electron chi connectivity index (χ1n) is 5.83. The number of nitrogen functional groups attached to an aromatic ring is 1. The Morgan fingerprint density at radius 3 is 2.72 bits per heavy atom. The molecule has 0 aliphatic rings. The van der Waals surface area contributed by atoms with Gasteiger partial charge in [0.1, 0.15) is 0 Å². The van der Waals surface area contributed by atoms with E-state index < -0.39 is 0 Å². The second-order valence-electron chi connectivity index (χ2n) is 4.61.